The Kier molecular flexibility index (Phi) is 6.13. The lowest BCUT2D eigenvalue weighted by Gasteiger charge is -2.28. The summed E-state index contributed by atoms with van der Waals surface area (Å²) in [5.74, 6) is 2.85. The minimum Gasteiger partial charge on any atom is -0.344 e. The Morgan fingerprint density at radius 1 is 1.38 bits per heavy atom. The van der Waals surface area contributed by atoms with Gasteiger partial charge >= 0.3 is 0 Å². The second-order valence-electron chi connectivity index (χ2n) is 5.32. The molecule has 0 fully saturated rings. The Hall–Kier alpha value is -1.01. The van der Waals surface area contributed by atoms with Crippen molar-refractivity contribution >= 4 is 5.91 Å². The van der Waals surface area contributed by atoms with Crippen LogP contribution in [0.15, 0.2) is 0 Å². The summed E-state index contributed by atoms with van der Waals surface area (Å²) in [6.45, 7) is 11.7. The first-order valence-corrected chi connectivity index (χ1v) is 5.73. The second-order valence-corrected chi connectivity index (χ2v) is 5.32. The molecule has 0 aliphatic heterocycles. The summed E-state index contributed by atoms with van der Waals surface area (Å²) in [6, 6.07) is -0.196. The van der Waals surface area contributed by atoms with Gasteiger partial charge in [-0.05, 0) is 24.8 Å². The van der Waals surface area contributed by atoms with Crippen LogP contribution >= 0.6 is 0 Å². The van der Waals surface area contributed by atoms with Crippen molar-refractivity contribution in [3.8, 4) is 12.3 Å². The molecular weight excluding hydrogens is 200 g/mol. The summed E-state index contributed by atoms with van der Waals surface area (Å²) in [5.41, 5.74) is 0.252. The van der Waals surface area contributed by atoms with E-state index in [-0.39, 0.29) is 17.4 Å². The normalized spacial score (nSPS) is 15.0. The summed E-state index contributed by atoms with van der Waals surface area (Å²) in [7, 11) is 0. The molecule has 0 aliphatic rings. The molecule has 92 valence electrons. The van der Waals surface area contributed by atoms with E-state index in [0.717, 1.165) is 6.54 Å². The van der Waals surface area contributed by atoms with E-state index in [1.54, 1.807) is 0 Å². The molecule has 3 heteroatoms. The van der Waals surface area contributed by atoms with Gasteiger partial charge in [-0.3, -0.25) is 4.79 Å². The Labute approximate surface area is 99.4 Å². The molecule has 2 atom stereocenters. The Morgan fingerprint density at radius 2 is 1.94 bits per heavy atom. The number of terminal acetylenes is 1. The first kappa shape index (κ1) is 15.0. The standard InChI is InChI=1S/C13H24N2O/c1-7-8-14-12(16)11(3)15-9-10(2)13(4,5)6/h1,10-11,15H,8-9H2,2-6H3,(H,14,16). The third-order valence-corrected chi connectivity index (χ3v) is 2.97. The SMILES string of the molecule is C#CCNC(=O)C(C)NCC(C)C(C)(C)C. The highest BCUT2D eigenvalue weighted by atomic mass is 16.2. The lowest BCUT2D eigenvalue weighted by Crippen LogP contribution is -2.44. The Bertz CT molecular complexity index is 260. The van der Waals surface area contributed by atoms with E-state index in [1.807, 2.05) is 6.92 Å². The molecular formula is C13H24N2O. The predicted molar refractivity (Wildman–Crippen MR) is 67.9 cm³/mol. The van der Waals surface area contributed by atoms with E-state index >= 15 is 0 Å². The number of rotatable bonds is 5. The molecule has 0 rings (SSSR count). The van der Waals surface area contributed by atoms with Gasteiger partial charge in [0, 0.05) is 0 Å². The molecule has 3 nitrogen and oxygen atoms in total. The van der Waals surface area contributed by atoms with Crippen molar-refractivity contribution in [1.82, 2.24) is 10.6 Å². The molecule has 16 heavy (non-hydrogen) atoms. The third-order valence-electron chi connectivity index (χ3n) is 2.97. The molecule has 0 saturated heterocycles. The first-order valence-electron chi connectivity index (χ1n) is 5.73. The highest BCUT2D eigenvalue weighted by molar-refractivity contribution is 5.81. The van der Waals surface area contributed by atoms with Crippen LogP contribution in [0.25, 0.3) is 0 Å². The van der Waals surface area contributed by atoms with Crippen molar-refractivity contribution in [3.63, 3.8) is 0 Å². The van der Waals surface area contributed by atoms with Crippen molar-refractivity contribution in [2.45, 2.75) is 40.7 Å². The van der Waals surface area contributed by atoms with Gasteiger partial charge in [0.05, 0.1) is 12.6 Å². The average Bonchev–Trinajstić information content (AvgIpc) is 2.20. The van der Waals surface area contributed by atoms with Crippen molar-refractivity contribution in [1.29, 1.82) is 0 Å². The van der Waals surface area contributed by atoms with Crippen LogP contribution < -0.4 is 10.6 Å². The van der Waals surface area contributed by atoms with Crippen LogP contribution in [0.1, 0.15) is 34.6 Å². The van der Waals surface area contributed by atoms with Crippen molar-refractivity contribution in [2.24, 2.45) is 11.3 Å². The van der Waals surface area contributed by atoms with Gasteiger partial charge in [-0.1, -0.05) is 33.6 Å². The monoisotopic (exact) mass is 224 g/mol. The van der Waals surface area contributed by atoms with Gasteiger partial charge in [-0.2, -0.15) is 0 Å². The lowest BCUT2D eigenvalue weighted by atomic mass is 9.82. The number of amides is 1. The van der Waals surface area contributed by atoms with E-state index < -0.39 is 0 Å². The molecule has 0 aliphatic carbocycles. The van der Waals surface area contributed by atoms with Gasteiger partial charge in [-0.15, -0.1) is 6.42 Å². The van der Waals surface area contributed by atoms with Gasteiger partial charge in [0.25, 0.3) is 0 Å². The molecule has 0 aromatic rings. The second kappa shape index (κ2) is 6.55. The molecule has 2 unspecified atom stereocenters. The molecule has 0 heterocycles. The largest absolute Gasteiger partial charge is 0.344 e. The van der Waals surface area contributed by atoms with E-state index in [4.69, 9.17) is 6.42 Å². The highest BCUT2D eigenvalue weighted by Gasteiger charge is 2.21. The van der Waals surface area contributed by atoms with E-state index in [9.17, 15) is 4.79 Å². The quantitative estimate of drug-likeness (QED) is 0.693. The summed E-state index contributed by atoms with van der Waals surface area (Å²) in [4.78, 5) is 11.5. The topological polar surface area (TPSA) is 41.1 Å². The molecule has 0 aromatic heterocycles. The van der Waals surface area contributed by atoms with E-state index in [0.29, 0.717) is 12.5 Å². The third kappa shape index (κ3) is 5.77. The van der Waals surface area contributed by atoms with Crippen molar-refractivity contribution in [2.75, 3.05) is 13.1 Å². The zero-order valence-corrected chi connectivity index (χ0v) is 11.1. The summed E-state index contributed by atoms with van der Waals surface area (Å²) in [6.07, 6.45) is 5.07. The zero-order chi connectivity index (χ0) is 12.8. The van der Waals surface area contributed by atoms with E-state index in [1.165, 1.54) is 0 Å². The fraction of sp³-hybridized carbons (Fsp3) is 0.769. The van der Waals surface area contributed by atoms with Crippen LogP contribution in [0.4, 0.5) is 0 Å². The number of hydrogen-bond acceptors (Lipinski definition) is 2. The zero-order valence-electron chi connectivity index (χ0n) is 11.1. The van der Waals surface area contributed by atoms with Crippen LogP contribution in [-0.4, -0.2) is 25.0 Å². The number of hydrogen-bond donors (Lipinski definition) is 2. The van der Waals surface area contributed by atoms with Crippen LogP contribution in [0, 0.1) is 23.7 Å². The fourth-order valence-corrected chi connectivity index (χ4v) is 1.04. The fourth-order valence-electron chi connectivity index (χ4n) is 1.04. The van der Waals surface area contributed by atoms with Crippen LogP contribution in [0.3, 0.4) is 0 Å². The summed E-state index contributed by atoms with van der Waals surface area (Å²) in [5, 5.41) is 5.87. The average molecular weight is 224 g/mol. The highest BCUT2D eigenvalue weighted by Crippen LogP contribution is 2.24. The molecule has 0 spiro atoms. The minimum atomic E-state index is -0.196. The molecule has 0 saturated carbocycles. The Morgan fingerprint density at radius 3 is 2.38 bits per heavy atom. The molecule has 0 radical (unpaired) electrons. The van der Waals surface area contributed by atoms with Gasteiger partial charge in [0.1, 0.15) is 0 Å². The summed E-state index contributed by atoms with van der Waals surface area (Å²) < 4.78 is 0. The maximum absolute atomic E-state index is 11.5. The smallest absolute Gasteiger partial charge is 0.237 e. The maximum Gasteiger partial charge on any atom is 0.237 e. The van der Waals surface area contributed by atoms with Crippen LogP contribution in [0.2, 0.25) is 0 Å². The maximum atomic E-state index is 11.5. The Balaban J connectivity index is 3.94. The molecule has 1 amide bonds. The number of nitrogens with one attached hydrogen (secondary N) is 2. The van der Waals surface area contributed by atoms with Gasteiger partial charge < -0.3 is 10.6 Å². The molecule has 0 bridgehead atoms. The lowest BCUT2D eigenvalue weighted by molar-refractivity contribution is -0.122. The first-order chi connectivity index (χ1) is 7.29. The van der Waals surface area contributed by atoms with Crippen LogP contribution in [-0.2, 0) is 4.79 Å². The van der Waals surface area contributed by atoms with Gasteiger partial charge in [-0.25, -0.2) is 0 Å². The van der Waals surface area contributed by atoms with Crippen molar-refractivity contribution < 1.29 is 4.79 Å². The number of carbonyl (C=O) groups excluding carboxylic acids is 1. The summed E-state index contributed by atoms with van der Waals surface area (Å²) >= 11 is 0. The minimum absolute atomic E-state index is 0.0425. The molecule has 2 N–H and O–H groups in total. The van der Waals surface area contributed by atoms with Gasteiger partial charge in [0.15, 0.2) is 0 Å². The molecule has 0 aromatic carbocycles. The predicted octanol–water partition coefficient (Wildman–Crippen LogP) is 1.40. The van der Waals surface area contributed by atoms with E-state index in [2.05, 4.69) is 44.2 Å². The van der Waals surface area contributed by atoms with Gasteiger partial charge in [0.2, 0.25) is 5.91 Å². The van der Waals surface area contributed by atoms with Crippen molar-refractivity contribution in [3.05, 3.63) is 0 Å². The van der Waals surface area contributed by atoms with Crippen LogP contribution in [0.5, 0.6) is 0 Å². The number of carbonyl (C=O) groups is 1.